The van der Waals surface area contributed by atoms with Crippen molar-refractivity contribution in [2.45, 2.75) is 6.42 Å². The molecule has 0 aliphatic carbocycles. The lowest BCUT2D eigenvalue weighted by Crippen LogP contribution is -1.88. The molecule has 1 heterocycles. The Kier molecular flexibility index (Phi) is 1.77. The van der Waals surface area contributed by atoms with Gasteiger partial charge in [0.15, 0.2) is 0 Å². The predicted octanol–water partition coefficient (Wildman–Crippen LogP) is 1.87. The molecule has 0 fully saturated rings. The Morgan fingerprint density at radius 3 is 3.15 bits per heavy atom. The minimum atomic E-state index is 0.767. The molecular formula is C10H11N3. The summed E-state index contributed by atoms with van der Waals surface area (Å²) in [6, 6.07) is 5.72. The molecule has 0 radical (unpaired) electrons. The lowest BCUT2D eigenvalue weighted by atomic mass is 10.1. The molecule has 0 saturated heterocycles. The van der Waals surface area contributed by atoms with Gasteiger partial charge in [0, 0.05) is 23.2 Å². The van der Waals surface area contributed by atoms with Crippen molar-refractivity contribution in [1.82, 2.24) is 10.2 Å². The molecule has 3 nitrogen and oxygen atoms in total. The van der Waals surface area contributed by atoms with Gasteiger partial charge in [0.25, 0.3) is 0 Å². The summed E-state index contributed by atoms with van der Waals surface area (Å²) >= 11 is 0. The molecule has 1 aromatic heterocycles. The van der Waals surface area contributed by atoms with E-state index < -0.39 is 0 Å². The number of H-pyrrole nitrogens is 1. The Morgan fingerprint density at radius 2 is 2.38 bits per heavy atom. The third-order valence-corrected chi connectivity index (χ3v) is 2.04. The highest BCUT2D eigenvalue weighted by molar-refractivity contribution is 5.92. The van der Waals surface area contributed by atoms with Crippen LogP contribution in [0.3, 0.4) is 0 Å². The van der Waals surface area contributed by atoms with Crippen LogP contribution in [0.4, 0.5) is 5.69 Å². The van der Waals surface area contributed by atoms with E-state index in [-0.39, 0.29) is 0 Å². The third kappa shape index (κ3) is 1.18. The third-order valence-electron chi connectivity index (χ3n) is 2.04. The molecule has 3 N–H and O–H groups in total. The quantitative estimate of drug-likeness (QED) is 0.538. The average Bonchev–Trinajstić information content (AvgIpc) is 2.51. The smallest absolute Gasteiger partial charge is 0.0944 e. The highest BCUT2D eigenvalue weighted by Gasteiger charge is 2.05. The molecule has 0 saturated carbocycles. The van der Waals surface area contributed by atoms with E-state index in [2.05, 4.69) is 16.8 Å². The standard InChI is InChI=1S/C10H11N3/c1-2-4-8-10-7(11)5-3-6-9(10)13-12-8/h2-3,5-6H,1,4,11H2,(H,12,13). The van der Waals surface area contributed by atoms with Crippen molar-refractivity contribution in [1.29, 1.82) is 0 Å². The van der Waals surface area contributed by atoms with Crippen LogP contribution in [-0.4, -0.2) is 10.2 Å². The van der Waals surface area contributed by atoms with Crippen LogP contribution in [0.5, 0.6) is 0 Å². The fourth-order valence-corrected chi connectivity index (χ4v) is 1.46. The van der Waals surface area contributed by atoms with Gasteiger partial charge in [-0.1, -0.05) is 12.1 Å². The fourth-order valence-electron chi connectivity index (χ4n) is 1.46. The second-order valence-electron chi connectivity index (χ2n) is 2.94. The molecule has 2 rings (SSSR count). The monoisotopic (exact) mass is 173 g/mol. The zero-order chi connectivity index (χ0) is 9.26. The van der Waals surface area contributed by atoms with E-state index in [9.17, 15) is 0 Å². The number of nitrogen functional groups attached to an aromatic ring is 1. The van der Waals surface area contributed by atoms with Gasteiger partial charge in [-0.05, 0) is 12.1 Å². The lowest BCUT2D eigenvalue weighted by Gasteiger charge is -1.96. The van der Waals surface area contributed by atoms with Gasteiger partial charge in [0.1, 0.15) is 0 Å². The van der Waals surface area contributed by atoms with Crippen LogP contribution < -0.4 is 5.73 Å². The number of aromatic nitrogens is 2. The van der Waals surface area contributed by atoms with Crippen LogP contribution in [0.2, 0.25) is 0 Å². The number of aromatic amines is 1. The van der Waals surface area contributed by atoms with Crippen LogP contribution in [0, 0.1) is 0 Å². The largest absolute Gasteiger partial charge is 0.398 e. The average molecular weight is 173 g/mol. The van der Waals surface area contributed by atoms with Crippen LogP contribution in [0.1, 0.15) is 5.69 Å². The van der Waals surface area contributed by atoms with Crippen LogP contribution >= 0.6 is 0 Å². The number of anilines is 1. The molecule has 2 aromatic rings. The Bertz CT molecular complexity index is 442. The summed E-state index contributed by atoms with van der Waals surface area (Å²) in [5, 5.41) is 8.12. The number of hydrogen-bond donors (Lipinski definition) is 2. The molecule has 0 spiro atoms. The minimum Gasteiger partial charge on any atom is -0.398 e. The number of nitrogens with one attached hydrogen (secondary N) is 1. The van der Waals surface area contributed by atoms with E-state index in [1.807, 2.05) is 24.3 Å². The first-order valence-electron chi connectivity index (χ1n) is 4.15. The van der Waals surface area contributed by atoms with Gasteiger partial charge in [-0.3, -0.25) is 5.10 Å². The van der Waals surface area contributed by atoms with E-state index in [4.69, 9.17) is 5.73 Å². The molecule has 66 valence electrons. The first kappa shape index (κ1) is 7.86. The molecule has 0 atom stereocenters. The highest BCUT2D eigenvalue weighted by Crippen LogP contribution is 2.22. The molecule has 1 aromatic carbocycles. The maximum absolute atomic E-state index is 5.84. The van der Waals surface area contributed by atoms with E-state index in [1.165, 1.54) is 0 Å². The second kappa shape index (κ2) is 2.94. The summed E-state index contributed by atoms with van der Waals surface area (Å²) < 4.78 is 0. The predicted molar refractivity (Wildman–Crippen MR) is 54.4 cm³/mol. The zero-order valence-electron chi connectivity index (χ0n) is 7.25. The van der Waals surface area contributed by atoms with Crippen LogP contribution in [-0.2, 0) is 6.42 Å². The summed E-state index contributed by atoms with van der Waals surface area (Å²) in [6.07, 6.45) is 2.60. The molecule has 13 heavy (non-hydrogen) atoms. The van der Waals surface area contributed by atoms with E-state index in [1.54, 1.807) is 0 Å². The first-order chi connectivity index (χ1) is 6.33. The normalized spacial score (nSPS) is 10.5. The van der Waals surface area contributed by atoms with Crippen molar-refractivity contribution in [3.63, 3.8) is 0 Å². The number of hydrogen-bond acceptors (Lipinski definition) is 2. The number of benzene rings is 1. The number of nitrogens with two attached hydrogens (primary N) is 1. The van der Waals surface area contributed by atoms with Crippen molar-refractivity contribution in [2.24, 2.45) is 0 Å². The molecule has 3 heteroatoms. The minimum absolute atomic E-state index is 0.767. The molecular weight excluding hydrogens is 162 g/mol. The van der Waals surface area contributed by atoms with Gasteiger partial charge in [0.2, 0.25) is 0 Å². The maximum atomic E-state index is 5.84. The molecule has 0 bridgehead atoms. The summed E-state index contributed by atoms with van der Waals surface area (Å²) in [4.78, 5) is 0. The topological polar surface area (TPSA) is 54.7 Å². The van der Waals surface area contributed by atoms with Crippen LogP contribution in [0.15, 0.2) is 30.9 Å². The SMILES string of the molecule is C=CCc1[nH]nc2cccc(N)c12. The molecule has 0 unspecified atom stereocenters. The summed E-state index contributed by atoms with van der Waals surface area (Å²) in [6.45, 7) is 3.68. The zero-order valence-corrected chi connectivity index (χ0v) is 7.25. The number of fused-ring (bicyclic) bond motifs is 1. The van der Waals surface area contributed by atoms with Crippen molar-refractivity contribution in [2.75, 3.05) is 5.73 Å². The van der Waals surface area contributed by atoms with Gasteiger partial charge in [-0.2, -0.15) is 5.10 Å². The van der Waals surface area contributed by atoms with Gasteiger partial charge in [-0.15, -0.1) is 6.58 Å². The molecule has 0 amide bonds. The van der Waals surface area contributed by atoms with Crippen molar-refractivity contribution >= 4 is 16.6 Å². The van der Waals surface area contributed by atoms with Gasteiger partial charge < -0.3 is 5.73 Å². The summed E-state index contributed by atoms with van der Waals surface area (Å²) in [5.41, 5.74) is 8.55. The number of rotatable bonds is 2. The van der Waals surface area contributed by atoms with E-state index >= 15 is 0 Å². The number of allylic oxidation sites excluding steroid dienone is 1. The molecule has 0 aliphatic rings. The molecule has 0 aliphatic heterocycles. The highest BCUT2D eigenvalue weighted by atomic mass is 15.1. The van der Waals surface area contributed by atoms with Crippen molar-refractivity contribution in [3.05, 3.63) is 36.5 Å². The van der Waals surface area contributed by atoms with Gasteiger partial charge >= 0.3 is 0 Å². The summed E-state index contributed by atoms with van der Waals surface area (Å²) in [5.74, 6) is 0. The first-order valence-corrected chi connectivity index (χ1v) is 4.15. The van der Waals surface area contributed by atoms with Gasteiger partial charge in [0.05, 0.1) is 5.52 Å². The Morgan fingerprint density at radius 1 is 1.54 bits per heavy atom. The Hall–Kier alpha value is -1.77. The Labute approximate surface area is 76.3 Å². The van der Waals surface area contributed by atoms with Crippen molar-refractivity contribution < 1.29 is 0 Å². The van der Waals surface area contributed by atoms with E-state index in [0.29, 0.717) is 0 Å². The van der Waals surface area contributed by atoms with Crippen molar-refractivity contribution in [3.8, 4) is 0 Å². The lowest BCUT2D eigenvalue weighted by molar-refractivity contribution is 1.03. The van der Waals surface area contributed by atoms with Crippen LogP contribution in [0.25, 0.3) is 10.9 Å². The van der Waals surface area contributed by atoms with Gasteiger partial charge in [-0.25, -0.2) is 0 Å². The maximum Gasteiger partial charge on any atom is 0.0944 e. The van der Waals surface area contributed by atoms with E-state index in [0.717, 1.165) is 28.7 Å². The number of nitrogens with zero attached hydrogens (tertiary/aromatic N) is 1. The summed E-state index contributed by atoms with van der Waals surface area (Å²) in [7, 11) is 0. The fraction of sp³-hybridized carbons (Fsp3) is 0.100. The Balaban J connectivity index is 2.70. The second-order valence-corrected chi connectivity index (χ2v) is 2.94.